The zero-order valence-electron chi connectivity index (χ0n) is 10.5. The molecule has 0 heterocycles. The maximum atomic E-state index is 12.2. The summed E-state index contributed by atoms with van der Waals surface area (Å²) in [5.41, 5.74) is 5.82. The fraction of sp³-hybridized carbons (Fsp3) is 0.500. The molecular formula is C12H17ClN2O3S. The highest BCUT2D eigenvalue weighted by atomic mass is 35.5. The van der Waals surface area contributed by atoms with Gasteiger partial charge in [0.2, 0.25) is 10.0 Å². The van der Waals surface area contributed by atoms with Crippen LogP contribution in [0.3, 0.4) is 0 Å². The van der Waals surface area contributed by atoms with Crippen LogP contribution in [0, 0.1) is 0 Å². The summed E-state index contributed by atoms with van der Waals surface area (Å²) < 4.78 is 32.4. The third kappa shape index (κ3) is 3.27. The van der Waals surface area contributed by atoms with Crippen molar-refractivity contribution in [3.8, 4) is 0 Å². The number of sulfonamides is 1. The van der Waals surface area contributed by atoms with Crippen LogP contribution in [0.2, 0.25) is 5.02 Å². The first-order valence-corrected chi connectivity index (χ1v) is 7.95. The highest BCUT2D eigenvalue weighted by Crippen LogP contribution is 2.24. The molecule has 5 nitrogen and oxygen atoms in total. The Morgan fingerprint density at radius 3 is 2.58 bits per heavy atom. The number of nitrogens with two attached hydrogens (primary N) is 1. The first kappa shape index (κ1) is 14.7. The highest BCUT2D eigenvalue weighted by Gasteiger charge is 2.41. The van der Waals surface area contributed by atoms with Gasteiger partial charge in [0.15, 0.2) is 0 Å². The summed E-state index contributed by atoms with van der Waals surface area (Å²) in [4.78, 5) is 0.172. The zero-order chi connectivity index (χ0) is 14.0. The monoisotopic (exact) mass is 304 g/mol. The lowest BCUT2D eigenvalue weighted by atomic mass is 9.84. The van der Waals surface area contributed by atoms with Gasteiger partial charge < -0.3 is 10.5 Å². The van der Waals surface area contributed by atoms with E-state index in [1.807, 2.05) is 6.92 Å². The van der Waals surface area contributed by atoms with Crippen molar-refractivity contribution in [3.63, 3.8) is 0 Å². The van der Waals surface area contributed by atoms with Crippen LogP contribution in [0.1, 0.15) is 13.3 Å². The molecular weight excluding hydrogens is 288 g/mol. The van der Waals surface area contributed by atoms with Gasteiger partial charge in [-0.1, -0.05) is 11.6 Å². The van der Waals surface area contributed by atoms with Crippen molar-refractivity contribution < 1.29 is 13.2 Å². The van der Waals surface area contributed by atoms with E-state index in [0.29, 0.717) is 18.1 Å². The van der Waals surface area contributed by atoms with Crippen LogP contribution in [-0.2, 0) is 14.8 Å². The molecule has 3 atom stereocenters. The molecule has 1 fully saturated rings. The van der Waals surface area contributed by atoms with Crippen molar-refractivity contribution in [2.75, 3.05) is 6.61 Å². The Bertz CT molecular complexity index is 530. The lowest BCUT2D eigenvalue weighted by molar-refractivity contribution is -0.0248. The van der Waals surface area contributed by atoms with Crippen molar-refractivity contribution in [1.29, 1.82) is 0 Å². The molecule has 0 saturated heterocycles. The molecule has 7 heteroatoms. The normalized spacial score (nSPS) is 27.0. The molecule has 0 bridgehead atoms. The maximum absolute atomic E-state index is 12.2. The van der Waals surface area contributed by atoms with Gasteiger partial charge in [0.1, 0.15) is 0 Å². The average Bonchev–Trinajstić information content (AvgIpc) is 2.37. The van der Waals surface area contributed by atoms with Gasteiger partial charge in [-0.15, -0.1) is 0 Å². The summed E-state index contributed by atoms with van der Waals surface area (Å²) in [5.74, 6) is 0. The van der Waals surface area contributed by atoms with Crippen molar-refractivity contribution in [3.05, 3.63) is 29.3 Å². The summed E-state index contributed by atoms with van der Waals surface area (Å²) in [6.45, 7) is 2.41. The van der Waals surface area contributed by atoms with E-state index in [4.69, 9.17) is 22.1 Å². The van der Waals surface area contributed by atoms with Gasteiger partial charge in [0.25, 0.3) is 0 Å². The minimum Gasteiger partial charge on any atom is -0.377 e. The van der Waals surface area contributed by atoms with Crippen LogP contribution in [0.25, 0.3) is 0 Å². The van der Waals surface area contributed by atoms with E-state index in [1.54, 1.807) is 0 Å². The number of ether oxygens (including phenoxy) is 1. The van der Waals surface area contributed by atoms with E-state index in [0.717, 1.165) is 0 Å². The first-order valence-electron chi connectivity index (χ1n) is 6.09. The molecule has 0 radical (unpaired) electrons. The Labute approximate surface area is 118 Å². The molecule has 0 aromatic heterocycles. The molecule has 106 valence electrons. The second kappa shape index (κ2) is 5.76. The molecule has 3 unspecified atom stereocenters. The largest absolute Gasteiger partial charge is 0.377 e. The molecule has 1 aromatic carbocycles. The van der Waals surface area contributed by atoms with Crippen LogP contribution < -0.4 is 10.5 Å². The lowest BCUT2D eigenvalue weighted by Gasteiger charge is -2.42. The third-order valence-electron chi connectivity index (χ3n) is 3.16. The smallest absolute Gasteiger partial charge is 0.240 e. The summed E-state index contributed by atoms with van der Waals surface area (Å²) >= 11 is 5.74. The van der Waals surface area contributed by atoms with Gasteiger partial charge in [0, 0.05) is 17.7 Å². The third-order valence-corrected chi connectivity index (χ3v) is 4.89. The van der Waals surface area contributed by atoms with E-state index >= 15 is 0 Å². The maximum Gasteiger partial charge on any atom is 0.240 e. The average molecular weight is 305 g/mol. The minimum atomic E-state index is -3.59. The van der Waals surface area contributed by atoms with E-state index in [2.05, 4.69) is 4.72 Å². The predicted molar refractivity (Wildman–Crippen MR) is 73.6 cm³/mol. The SMILES string of the molecule is CCOC1CC(N)C1NS(=O)(=O)c1ccc(Cl)cc1. The summed E-state index contributed by atoms with van der Waals surface area (Å²) in [6.07, 6.45) is 0.517. The van der Waals surface area contributed by atoms with E-state index < -0.39 is 10.0 Å². The Hall–Kier alpha value is -0.660. The second-order valence-corrected chi connectivity index (χ2v) is 6.64. The Morgan fingerprint density at radius 2 is 2.05 bits per heavy atom. The van der Waals surface area contributed by atoms with Crippen molar-refractivity contribution in [2.45, 2.75) is 36.4 Å². The number of hydrogen-bond acceptors (Lipinski definition) is 4. The van der Waals surface area contributed by atoms with Crippen LogP contribution in [0.5, 0.6) is 0 Å². The van der Waals surface area contributed by atoms with Gasteiger partial charge in [-0.3, -0.25) is 0 Å². The van der Waals surface area contributed by atoms with Crippen LogP contribution in [-0.4, -0.2) is 33.2 Å². The highest BCUT2D eigenvalue weighted by molar-refractivity contribution is 7.89. The fourth-order valence-corrected chi connectivity index (χ4v) is 3.49. The molecule has 1 aliphatic carbocycles. The van der Waals surface area contributed by atoms with Crippen LogP contribution in [0.15, 0.2) is 29.2 Å². The molecule has 2 rings (SSSR count). The number of rotatable bonds is 5. The molecule has 0 aliphatic heterocycles. The number of benzene rings is 1. The summed E-state index contributed by atoms with van der Waals surface area (Å²) in [7, 11) is -3.59. The molecule has 0 spiro atoms. The topological polar surface area (TPSA) is 81.4 Å². The first-order chi connectivity index (χ1) is 8.94. The molecule has 19 heavy (non-hydrogen) atoms. The number of halogens is 1. The zero-order valence-corrected chi connectivity index (χ0v) is 12.1. The minimum absolute atomic E-state index is 0.151. The quantitative estimate of drug-likeness (QED) is 0.854. The predicted octanol–water partition coefficient (Wildman–Crippen LogP) is 1.12. The Morgan fingerprint density at radius 1 is 1.42 bits per heavy atom. The molecule has 1 aliphatic rings. The van der Waals surface area contributed by atoms with Gasteiger partial charge in [-0.05, 0) is 37.6 Å². The molecule has 0 amide bonds. The molecule has 3 N–H and O–H groups in total. The Balaban J connectivity index is 2.10. The summed E-state index contributed by atoms with van der Waals surface area (Å²) in [5, 5.41) is 0.492. The van der Waals surface area contributed by atoms with E-state index in [9.17, 15) is 8.42 Å². The van der Waals surface area contributed by atoms with Gasteiger partial charge in [0.05, 0.1) is 17.0 Å². The van der Waals surface area contributed by atoms with Gasteiger partial charge >= 0.3 is 0 Å². The molecule has 1 saturated carbocycles. The number of hydrogen-bond donors (Lipinski definition) is 2. The van der Waals surface area contributed by atoms with Gasteiger partial charge in [-0.25, -0.2) is 13.1 Å². The van der Waals surface area contributed by atoms with Crippen LogP contribution in [0.4, 0.5) is 0 Å². The van der Waals surface area contributed by atoms with Crippen molar-refractivity contribution >= 4 is 21.6 Å². The standard InChI is InChI=1S/C12H17ClN2O3S/c1-2-18-11-7-10(14)12(11)15-19(16,17)9-5-3-8(13)4-6-9/h3-6,10-12,15H,2,7,14H2,1H3. The van der Waals surface area contributed by atoms with Crippen LogP contribution >= 0.6 is 11.6 Å². The lowest BCUT2D eigenvalue weighted by Crippen LogP contribution is -2.64. The number of nitrogens with one attached hydrogen (secondary N) is 1. The van der Waals surface area contributed by atoms with E-state index in [1.165, 1.54) is 24.3 Å². The second-order valence-electron chi connectivity index (χ2n) is 4.49. The van der Waals surface area contributed by atoms with Crippen molar-refractivity contribution in [1.82, 2.24) is 4.72 Å². The van der Waals surface area contributed by atoms with Gasteiger partial charge in [-0.2, -0.15) is 0 Å². The Kier molecular flexibility index (Phi) is 4.47. The molecule has 1 aromatic rings. The fourth-order valence-electron chi connectivity index (χ4n) is 2.05. The summed E-state index contributed by atoms with van der Waals surface area (Å²) in [6, 6.07) is 5.42. The van der Waals surface area contributed by atoms with E-state index in [-0.39, 0.29) is 23.1 Å². The van der Waals surface area contributed by atoms with Crippen molar-refractivity contribution in [2.24, 2.45) is 5.73 Å².